The van der Waals surface area contributed by atoms with Gasteiger partial charge in [0.15, 0.2) is 0 Å². The van der Waals surface area contributed by atoms with E-state index >= 15 is 0 Å². The van der Waals surface area contributed by atoms with Crippen LogP contribution in [0.2, 0.25) is 0 Å². The van der Waals surface area contributed by atoms with Crippen molar-refractivity contribution in [3.63, 3.8) is 0 Å². The molecule has 0 saturated carbocycles. The molecule has 92 valence electrons. The second-order valence-corrected chi connectivity index (χ2v) is 4.38. The summed E-state index contributed by atoms with van der Waals surface area (Å²) in [4.78, 5) is 0. The maximum absolute atomic E-state index is 3.91. The summed E-state index contributed by atoms with van der Waals surface area (Å²) >= 11 is 0. The van der Waals surface area contributed by atoms with Gasteiger partial charge < -0.3 is 5.32 Å². The molecule has 18 heavy (non-hydrogen) atoms. The molecule has 0 aliphatic rings. The topological polar surface area (TPSA) is 12.0 Å². The minimum absolute atomic E-state index is 0.313. The Morgan fingerprint density at radius 2 is 1.56 bits per heavy atom. The highest BCUT2D eigenvalue weighted by Crippen LogP contribution is 2.12. The Bertz CT molecular complexity index is 461. The van der Waals surface area contributed by atoms with Gasteiger partial charge in [0.05, 0.1) is 0 Å². The maximum Gasteiger partial charge on any atom is 0.0444 e. The van der Waals surface area contributed by atoms with Gasteiger partial charge in [0.2, 0.25) is 0 Å². The molecule has 0 fully saturated rings. The fourth-order valence-electron chi connectivity index (χ4n) is 1.96. The number of hydrogen-bond donors (Lipinski definition) is 1. The minimum atomic E-state index is 0.313. The SMILES string of the molecule is C=CC(CCc1ccccc1)Nc1ccccc1. The largest absolute Gasteiger partial charge is 0.379 e. The predicted octanol–water partition coefficient (Wildman–Crippen LogP) is 4.29. The highest BCUT2D eigenvalue weighted by Gasteiger charge is 2.04. The van der Waals surface area contributed by atoms with Crippen LogP contribution in [0.4, 0.5) is 5.69 Å². The zero-order valence-corrected chi connectivity index (χ0v) is 10.5. The molecular formula is C17H19N. The van der Waals surface area contributed by atoms with Crippen LogP contribution in [0.15, 0.2) is 73.3 Å². The Kier molecular flexibility index (Phi) is 4.60. The number of hydrogen-bond acceptors (Lipinski definition) is 1. The molecule has 0 aliphatic carbocycles. The van der Waals surface area contributed by atoms with E-state index in [2.05, 4.69) is 54.4 Å². The molecule has 0 spiro atoms. The van der Waals surface area contributed by atoms with E-state index in [1.165, 1.54) is 5.56 Å². The molecule has 1 nitrogen and oxygen atoms in total. The van der Waals surface area contributed by atoms with E-state index in [9.17, 15) is 0 Å². The lowest BCUT2D eigenvalue weighted by atomic mass is 10.1. The molecule has 0 aromatic heterocycles. The van der Waals surface area contributed by atoms with Crippen LogP contribution in [0.3, 0.4) is 0 Å². The number of aryl methyl sites for hydroxylation is 1. The number of anilines is 1. The lowest BCUT2D eigenvalue weighted by Crippen LogP contribution is -2.17. The highest BCUT2D eigenvalue weighted by atomic mass is 14.9. The van der Waals surface area contributed by atoms with Gasteiger partial charge in [-0.15, -0.1) is 6.58 Å². The summed E-state index contributed by atoms with van der Waals surface area (Å²) in [5.74, 6) is 0. The van der Waals surface area contributed by atoms with Crippen LogP contribution in [0.5, 0.6) is 0 Å². The molecule has 1 unspecified atom stereocenters. The Morgan fingerprint density at radius 3 is 2.17 bits per heavy atom. The van der Waals surface area contributed by atoms with Crippen molar-refractivity contribution >= 4 is 5.69 Å². The maximum atomic E-state index is 3.91. The average molecular weight is 237 g/mol. The highest BCUT2D eigenvalue weighted by molar-refractivity contribution is 5.44. The Hall–Kier alpha value is -2.02. The van der Waals surface area contributed by atoms with Crippen molar-refractivity contribution in [2.75, 3.05) is 5.32 Å². The average Bonchev–Trinajstić information content (AvgIpc) is 2.45. The van der Waals surface area contributed by atoms with E-state index in [1.807, 2.05) is 24.3 Å². The number of nitrogens with one attached hydrogen (secondary N) is 1. The van der Waals surface area contributed by atoms with E-state index in [4.69, 9.17) is 0 Å². The fraction of sp³-hybridized carbons (Fsp3) is 0.176. The van der Waals surface area contributed by atoms with E-state index in [-0.39, 0.29) is 0 Å². The van der Waals surface area contributed by atoms with Gasteiger partial charge >= 0.3 is 0 Å². The zero-order chi connectivity index (χ0) is 12.6. The zero-order valence-electron chi connectivity index (χ0n) is 10.5. The molecule has 1 heteroatoms. The molecule has 0 heterocycles. The molecule has 0 aliphatic heterocycles. The smallest absolute Gasteiger partial charge is 0.0444 e. The molecule has 0 radical (unpaired) electrons. The summed E-state index contributed by atoms with van der Waals surface area (Å²) in [5.41, 5.74) is 2.52. The van der Waals surface area contributed by atoms with Gasteiger partial charge in [0.25, 0.3) is 0 Å². The van der Waals surface area contributed by atoms with Crippen molar-refractivity contribution in [2.24, 2.45) is 0 Å². The van der Waals surface area contributed by atoms with Gasteiger partial charge in [-0.1, -0.05) is 54.6 Å². The standard InChI is InChI=1S/C17H19N/c1-2-16(18-17-11-7-4-8-12-17)14-13-15-9-5-3-6-10-15/h2-12,16,18H,1,13-14H2. The number of rotatable bonds is 6. The monoisotopic (exact) mass is 237 g/mol. The second kappa shape index (κ2) is 6.65. The Labute approximate surface area is 109 Å². The van der Waals surface area contributed by atoms with Crippen LogP contribution < -0.4 is 5.32 Å². The molecule has 0 amide bonds. The van der Waals surface area contributed by atoms with Crippen LogP contribution >= 0.6 is 0 Å². The Balaban J connectivity index is 1.88. The minimum Gasteiger partial charge on any atom is -0.379 e. The summed E-state index contributed by atoms with van der Waals surface area (Å²) in [5, 5.41) is 3.48. The molecule has 1 atom stereocenters. The lowest BCUT2D eigenvalue weighted by molar-refractivity contribution is 0.761. The normalized spacial score (nSPS) is 11.8. The summed E-state index contributed by atoms with van der Waals surface area (Å²) in [6.07, 6.45) is 4.11. The van der Waals surface area contributed by atoms with E-state index < -0.39 is 0 Å². The lowest BCUT2D eigenvalue weighted by Gasteiger charge is -2.16. The van der Waals surface area contributed by atoms with Crippen molar-refractivity contribution in [1.29, 1.82) is 0 Å². The van der Waals surface area contributed by atoms with Gasteiger partial charge in [-0.3, -0.25) is 0 Å². The summed E-state index contributed by atoms with van der Waals surface area (Å²) in [7, 11) is 0. The molecule has 1 N–H and O–H groups in total. The van der Waals surface area contributed by atoms with Crippen molar-refractivity contribution in [1.82, 2.24) is 0 Å². The van der Waals surface area contributed by atoms with Crippen molar-refractivity contribution in [3.05, 3.63) is 78.9 Å². The van der Waals surface area contributed by atoms with E-state index in [0.717, 1.165) is 18.5 Å². The summed E-state index contributed by atoms with van der Waals surface area (Å²) in [6, 6.07) is 21.1. The number of para-hydroxylation sites is 1. The van der Waals surface area contributed by atoms with Crippen molar-refractivity contribution < 1.29 is 0 Å². The van der Waals surface area contributed by atoms with Gasteiger partial charge in [0.1, 0.15) is 0 Å². The van der Waals surface area contributed by atoms with Gasteiger partial charge in [-0.05, 0) is 30.5 Å². The third kappa shape index (κ3) is 3.77. The molecule has 2 aromatic rings. The quantitative estimate of drug-likeness (QED) is 0.739. The van der Waals surface area contributed by atoms with Crippen LogP contribution in [-0.2, 0) is 6.42 Å². The molecule has 2 rings (SSSR count). The summed E-state index contributed by atoms with van der Waals surface area (Å²) in [6.45, 7) is 3.91. The van der Waals surface area contributed by atoms with Crippen LogP contribution in [0.1, 0.15) is 12.0 Å². The second-order valence-electron chi connectivity index (χ2n) is 4.38. The molecular weight excluding hydrogens is 218 g/mol. The first-order valence-corrected chi connectivity index (χ1v) is 6.36. The van der Waals surface area contributed by atoms with Gasteiger partial charge in [0, 0.05) is 11.7 Å². The molecule has 2 aromatic carbocycles. The van der Waals surface area contributed by atoms with Crippen LogP contribution in [0.25, 0.3) is 0 Å². The first-order chi connectivity index (χ1) is 8.88. The first-order valence-electron chi connectivity index (χ1n) is 6.36. The van der Waals surface area contributed by atoms with Crippen LogP contribution in [-0.4, -0.2) is 6.04 Å². The molecule has 0 bridgehead atoms. The first kappa shape index (κ1) is 12.4. The van der Waals surface area contributed by atoms with E-state index in [1.54, 1.807) is 0 Å². The number of benzene rings is 2. The fourth-order valence-corrected chi connectivity index (χ4v) is 1.96. The summed E-state index contributed by atoms with van der Waals surface area (Å²) < 4.78 is 0. The van der Waals surface area contributed by atoms with E-state index in [0.29, 0.717) is 6.04 Å². The van der Waals surface area contributed by atoms with Crippen molar-refractivity contribution in [3.8, 4) is 0 Å². The van der Waals surface area contributed by atoms with Gasteiger partial charge in [-0.25, -0.2) is 0 Å². The third-order valence-electron chi connectivity index (χ3n) is 3.00. The molecule has 0 saturated heterocycles. The third-order valence-corrected chi connectivity index (χ3v) is 3.00. The van der Waals surface area contributed by atoms with Crippen LogP contribution in [0, 0.1) is 0 Å². The predicted molar refractivity (Wildman–Crippen MR) is 78.8 cm³/mol. The Morgan fingerprint density at radius 1 is 0.944 bits per heavy atom. The van der Waals surface area contributed by atoms with Crippen molar-refractivity contribution in [2.45, 2.75) is 18.9 Å². The van der Waals surface area contributed by atoms with Gasteiger partial charge in [-0.2, -0.15) is 0 Å².